The summed E-state index contributed by atoms with van der Waals surface area (Å²) in [5, 5.41) is 0. The number of alkyl halides is 2. The van der Waals surface area contributed by atoms with Crippen molar-refractivity contribution in [2.45, 2.75) is 52.2 Å². The maximum Gasteiger partial charge on any atom is 0.586 e. The van der Waals surface area contributed by atoms with Crippen molar-refractivity contribution in [2.75, 3.05) is 0 Å². The molecular weight excluding hydrogens is 294 g/mol. The predicted molar refractivity (Wildman–Crippen MR) is 76.9 cm³/mol. The van der Waals surface area contributed by atoms with Gasteiger partial charge in [-0.3, -0.25) is 10.2 Å². The molecule has 0 saturated heterocycles. The SMILES string of the molecule is CC(C)c1cc2c(c(C(C)C)c1CC(=O)NN)OC(F)(F)O2. The Bertz CT molecular complexity index is 601. The van der Waals surface area contributed by atoms with Crippen molar-refractivity contribution < 1.29 is 23.0 Å². The molecule has 0 spiro atoms. The van der Waals surface area contributed by atoms with Gasteiger partial charge in [0.25, 0.3) is 0 Å². The summed E-state index contributed by atoms with van der Waals surface area (Å²) < 4.78 is 36.1. The summed E-state index contributed by atoms with van der Waals surface area (Å²) in [6, 6.07) is 1.52. The van der Waals surface area contributed by atoms with E-state index in [1.165, 1.54) is 6.07 Å². The van der Waals surface area contributed by atoms with Gasteiger partial charge in [0.1, 0.15) is 0 Å². The second-order valence-corrected chi connectivity index (χ2v) is 5.91. The van der Waals surface area contributed by atoms with Gasteiger partial charge in [-0.1, -0.05) is 27.7 Å². The van der Waals surface area contributed by atoms with Gasteiger partial charge >= 0.3 is 6.29 Å². The molecule has 2 rings (SSSR count). The van der Waals surface area contributed by atoms with Crippen molar-refractivity contribution in [1.29, 1.82) is 0 Å². The lowest BCUT2D eigenvalue weighted by Gasteiger charge is -2.21. The second-order valence-electron chi connectivity index (χ2n) is 5.91. The minimum atomic E-state index is -3.69. The summed E-state index contributed by atoms with van der Waals surface area (Å²) in [7, 11) is 0. The van der Waals surface area contributed by atoms with Crippen LogP contribution in [-0.2, 0) is 11.2 Å². The zero-order valence-corrected chi connectivity index (χ0v) is 13.0. The highest BCUT2D eigenvalue weighted by molar-refractivity contribution is 5.80. The van der Waals surface area contributed by atoms with Gasteiger partial charge in [-0.05, 0) is 29.0 Å². The number of carbonyl (C=O) groups excluding carboxylic acids is 1. The van der Waals surface area contributed by atoms with Crippen LogP contribution in [0.2, 0.25) is 0 Å². The van der Waals surface area contributed by atoms with Gasteiger partial charge in [0.2, 0.25) is 5.91 Å². The average Bonchev–Trinajstić information content (AvgIpc) is 2.70. The standard InChI is InChI=1S/C15H20F2N2O3/c1-7(2)9-5-11-14(22-15(16,17)21-11)13(8(3)4)10(9)6-12(20)19-18/h5,7-8H,6,18H2,1-4H3,(H,19,20). The highest BCUT2D eigenvalue weighted by Crippen LogP contribution is 2.49. The molecule has 1 aliphatic heterocycles. The maximum atomic E-state index is 13.4. The van der Waals surface area contributed by atoms with E-state index in [-0.39, 0.29) is 29.8 Å². The maximum absolute atomic E-state index is 13.4. The first kappa shape index (κ1) is 16.5. The molecule has 0 atom stereocenters. The molecule has 1 aromatic carbocycles. The molecule has 0 unspecified atom stereocenters. The molecule has 1 aliphatic rings. The van der Waals surface area contributed by atoms with Crippen LogP contribution >= 0.6 is 0 Å². The Morgan fingerprint density at radius 2 is 1.91 bits per heavy atom. The van der Waals surface area contributed by atoms with E-state index in [0.717, 1.165) is 5.56 Å². The van der Waals surface area contributed by atoms with E-state index in [4.69, 9.17) is 5.84 Å². The molecular formula is C15H20F2N2O3. The summed E-state index contributed by atoms with van der Waals surface area (Å²) in [4.78, 5) is 11.7. The van der Waals surface area contributed by atoms with Crippen LogP contribution in [0.5, 0.6) is 11.5 Å². The largest absolute Gasteiger partial charge is 0.586 e. The summed E-state index contributed by atoms with van der Waals surface area (Å²) in [6.07, 6.45) is -3.69. The van der Waals surface area contributed by atoms with E-state index < -0.39 is 12.2 Å². The fourth-order valence-corrected chi connectivity index (χ4v) is 2.70. The van der Waals surface area contributed by atoms with Gasteiger partial charge in [-0.2, -0.15) is 0 Å². The van der Waals surface area contributed by atoms with Gasteiger partial charge in [-0.25, -0.2) is 5.84 Å². The van der Waals surface area contributed by atoms with E-state index in [9.17, 15) is 13.6 Å². The Hall–Kier alpha value is -1.89. The molecule has 1 aromatic rings. The van der Waals surface area contributed by atoms with E-state index in [2.05, 4.69) is 14.9 Å². The summed E-state index contributed by atoms with van der Waals surface area (Å²) in [5.41, 5.74) is 4.06. The van der Waals surface area contributed by atoms with E-state index in [1.807, 2.05) is 27.7 Å². The van der Waals surface area contributed by atoms with Crippen molar-refractivity contribution in [3.05, 3.63) is 22.8 Å². The number of amides is 1. The van der Waals surface area contributed by atoms with Crippen molar-refractivity contribution in [2.24, 2.45) is 5.84 Å². The number of hydrogen-bond acceptors (Lipinski definition) is 4. The summed E-state index contributed by atoms with van der Waals surface area (Å²) in [5.74, 6) is 4.68. The van der Waals surface area contributed by atoms with E-state index in [1.54, 1.807) is 0 Å². The molecule has 22 heavy (non-hydrogen) atoms. The number of hydrogen-bond donors (Lipinski definition) is 2. The van der Waals surface area contributed by atoms with Crippen molar-refractivity contribution in [3.63, 3.8) is 0 Å². The zero-order chi connectivity index (χ0) is 16.7. The molecule has 122 valence electrons. The summed E-state index contributed by atoms with van der Waals surface area (Å²) >= 11 is 0. The third kappa shape index (κ3) is 2.99. The first-order chi connectivity index (χ1) is 10.2. The van der Waals surface area contributed by atoms with Crippen LogP contribution < -0.4 is 20.7 Å². The zero-order valence-electron chi connectivity index (χ0n) is 13.0. The van der Waals surface area contributed by atoms with Crippen molar-refractivity contribution in [1.82, 2.24) is 5.43 Å². The number of rotatable bonds is 4. The Balaban J connectivity index is 2.67. The van der Waals surface area contributed by atoms with Gasteiger partial charge in [0, 0.05) is 5.56 Å². The molecule has 0 aromatic heterocycles. The minimum Gasteiger partial charge on any atom is -0.395 e. The molecule has 0 aliphatic carbocycles. The fraction of sp³-hybridized carbons (Fsp3) is 0.533. The Labute approximate surface area is 127 Å². The van der Waals surface area contributed by atoms with Crippen molar-refractivity contribution in [3.8, 4) is 11.5 Å². The minimum absolute atomic E-state index is 0.000260. The molecule has 7 heteroatoms. The number of ether oxygens (including phenoxy) is 2. The number of benzene rings is 1. The van der Waals surface area contributed by atoms with E-state index >= 15 is 0 Å². The number of nitrogens with two attached hydrogens (primary N) is 1. The summed E-state index contributed by atoms with van der Waals surface area (Å²) in [6.45, 7) is 7.54. The van der Waals surface area contributed by atoms with Gasteiger partial charge in [0.15, 0.2) is 11.5 Å². The van der Waals surface area contributed by atoms with Gasteiger partial charge in [-0.15, -0.1) is 8.78 Å². The topological polar surface area (TPSA) is 73.6 Å². The number of halogens is 2. The van der Waals surface area contributed by atoms with Crippen LogP contribution in [0.1, 0.15) is 56.2 Å². The monoisotopic (exact) mass is 314 g/mol. The molecule has 0 fully saturated rings. The molecule has 1 amide bonds. The Morgan fingerprint density at radius 1 is 1.27 bits per heavy atom. The second kappa shape index (κ2) is 5.72. The highest BCUT2D eigenvalue weighted by atomic mass is 19.3. The quantitative estimate of drug-likeness (QED) is 0.509. The van der Waals surface area contributed by atoms with Crippen LogP contribution in [0.4, 0.5) is 8.78 Å². The lowest BCUT2D eigenvalue weighted by atomic mass is 9.86. The Kier molecular flexibility index (Phi) is 4.28. The molecule has 3 N–H and O–H groups in total. The third-order valence-corrected chi connectivity index (χ3v) is 3.58. The average molecular weight is 314 g/mol. The van der Waals surface area contributed by atoms with Crippen LogP contribution in [0, 0.1) is 0 Å². The van der Waals surface area contributed by atoms with E-state index in [0.29, 0.717) is 11.1 Å². The number of fused-ring (bicyclic) bond motifs is 1. The smallest absolute Gasteiger partial charge is 0.395 e. The van der Waals surface area contributed by atoms with Gasteiger partial charge in [0.05, 0.1) is 6.42 Å². The van der Waals surface area contributed by atoms with Crippen LogP contribution in [-0.4, -0.2) is 12.2 Å². The predicted octanol–water partition coefficient (Wildman–Crippen LogP) is 2.79. The molecule has 0 bridgehead atoms. The normalized spacial score (nSPS) is 15.5. The van der Waals surface area contributed by atoms with Crippen LogP contribution in [0.3, 0.4) is 0 Å². The number of carbonyl (C=O) groups is 1. The first-order valence-corrected chi connectivity index (χ1v) is 7.11. The molecule has 0 radical (unpaired) electrons. The number of nitrogens with one attached hydrogen (secondary N) is 1. The molecule has 1 heterocycles. The van der Waals surface area contributed by atoms with Crippen LogP contribution in [0.25, 0.3) is 0 Å². The molecule has 5 nitrogen and oxygen atoms in total. The van der Waals surface area contributed by atoms with Crippen LogP contribution in [0.15, 0.2) is 6.07 Å². The lowest BCUT2D eigenvalue weighted by molar-refractivity contribution is -0.287. The van der Waals surface area contributed by atoms with Crippen molar-refractivity contribution >= 4 is 5.91 Å². The third-order valence-electron chi connectivity index (χ3n) is 3.58. The lowest BCUT2D eigenvalue weighted by Crippen LogP contribution is -2.32. The Morgan fingerprint density at radius 3 is 2.41 bits per heavy atom. The first-order valence-electron chi connectivity index (χ1n) is 7.11. The molecule has 0 saturated carbocycles. The highest BCUT2D eigenvalue weighted by Gasteiger charge is 2.46. The van der Waals surface area contributed by atoms with Gasteiger partial charge < -0.3 is 9.47 Å². The fourth-order valence-electron chi connectivity index (χ4n) is 2.70. The number of hydrazine groups is 1.